The molecule has 1 fully saturated rings. The van der Waals surface area contributed by atoms with Crippen molar-refractivity contribution in [1.82, 2.24) is 15.0 Å². The number of rotatable bonds is 4. The van der Waals surface area contributed by atoms with Gasteiger partial charge in [0.05, 0.1) is 11.5 Å². The second-order valence-corrected chi connectivity index (χ2v) is 8.13. The Labute approximate surface area is 176 Å². The topological polar surface area (TPSA) is 105 Å². The van der Waals surface area contributed by atoms with Gasteiger partial charge in [-0.05, 0) is 17.7 Å². The number of benzene rings is 1. The number of anilines is 1. The van der Waals surface area contributed by atoms with Gasteiger partial charge >= 0.3 is 0 Å². The van der Waals surface area contributed by atoms with Crippen molar-refractivity contribution in [3.63, 3.8) is 0 Å². The molecule has 1 aliphatic rings. The number of aliphatic hydroxyl groups is 1. The molecule has 0 spiro atoms. The molecule has 1 saturated heterocycles. The van der Waals surface area contributed by atoms with Gasteiger partial charge in [-0.1, -0.05) is 30.3 Å². The van der Waals surface area contributed by atoms with E-state index in [0.717, 1.165) is 26.9 Å². The van der Waals surface area contributed by atoms with Gasteiger partial charge in [-0.2, -0.15) is 0 Å². The molecule has 5 rings (SSSR count). The maximum Gasteiger partial charge on any atom is 0.240 e. The van der Waals surface area contributed by atoms with Crippen LogP contribution in [0.25, 0.3) is 32.7 Å². The highest BCUT2D eigenvalue weighted by Crippen LogP contribution is 2.41. The molecule has 3 aromatic heterocycles. The van der Waals surface area contributed by atoms with Crippen molar-refractivity contribution in [2.45, 2.75) is 18.6 Å². The van der Waals surface area contributed by atoms with Crippen LogP contribution in [0.4, 0.5) is 5.82 Å². The van der Waals surface area contributed by atoms with Crippen molar-refractivity contribution in [3.8, 4) is 22.5 Å². The summed E-state index contributed by atoms with van der Waals surface area (Å²) in [6.07, 6.45) is 3.05. The number of pyridine rings is 1. The van der Waals surface area contributed by atoms with Gasteiger partial charge in [0, 0.05) is 41.9 Å². The fourth-order valence-electron chi connectivity index (χ4n) is 3.90. The minimum absolute atomic E-state index is 0.286. The standard InChI is InChI=1S/C22H19N5O2S/c23-19(29)17-9-15(28)11-27(17)21-18-16(13-5-2-1-3-6-13)12-30-22(18)26-20(25-21)14-7-4-8-24-10-14/h1-8,10,12,15,17,28H,9,11H2,(H2,23,29)/t15-,17+/m0/s1. The number of hydrogen-bond donors (Lipinski definition) is 2. The number of carbonyl (C=O) groups is 1. The highest BCUT2D eigenvalue weighted by Gasteiger charge is 2.37. The Kier molecular flexibility index (Phi) is 4.65. The van der Waals surface area contributed by atoms with Crippen molar-refractivity contribution in [2.24, 2.45) is 5.73 Å². The summed E-state index contributed by atoms with van der Waals surface area (Å²) in [5.74, 6) is 0.661. The smallest absolute Gasteiger partial charge is 0.240 e. The van der Waals surface area contributed by atoms with Crippen LogP contribution in [0, 0.1) is 0 Å². The molecule has 3 N–H and O–H groups in total. The lowest BCUT2D eigenvalue weighted by molar-refractivity contribution is -0.119. The van der Waals surface area contributed by atoms with E-state index in [1.54, 1.807) is 12.4 Å². The molecule has 1 aromatic carbocycles. The van der Waals surface area contributed by atoms with E-state index < -0.39 is 18.1 Å². The third kappa shape index (κ3) is 3.20. The molecule has 4 aromatic rings. The Morgan fingerprint density at radius 3 is 2.67 bits per heavy atom. The number of fused-ring (bicyclic) bond motifs is 1. The number of primary amides is 1. The number of β-amino-alcohol motifs (C(OH)–C–C–N with tert-alkyl or cyclic N) is 1. The van der Waals surface area contributed by atoms with Crippen LogP contribution < -0.4 is 10.6 Å². The van der Waals surface area contributed by atoms with Crippen LogP contribution in [-0.2, 0) is 4.79 Å². The quantitative estimate of drug-likeness (QED) is 0.529. The molecular weight excluding hydrogens is 398 g/mol. The van der Waals surface area contributed by atoms with Gasteiger partial charge in [-0.15, -0.1) is 11.3 Å². The first kappa shape index (κ1) is 18.7. The van der Waals surface area contributed by atoms with Gasteiger partial charge < -0.3 is 15.7 Å². The summed E-state index contributed by atoms with van der Waals surface area (Å²) in [4.78, 5) is 28.5. The van der Waals surface area contributed by atoms with E-state index in [1.807, 2.05) is 47.4 Å². The predicted octanol–water partition coefficient (Wildman–Crippen LogP) is 2.85. The first-order valence-corrected chi connectivity index (χ1v) is 10.5. The largest absolute Gasteiger partial charge is 0.391 e. The van der Waals surface area contributed by atoms with Crippen LogP contribution in [0.5, 0.6) is 0 Å². The van der Waals surface area contributed by atoms with Crippen molar-refractivity contribution in [3.05, 3.63) is 60.2 Å². The molecule has 30 heavy (non-hydrogen) atoms. The highest BCUT2D eigenvalue weighted by atomic mass is 32.1. The number of hydrogen-bond acceptors (Lipinski definition) is 7. The van der Waals surface area contributed by atoms with Crippen LogP contribution >= 0.6 is 11.3 Å². The summed E-state index contributed by atoms with van der Waals surface area (Å²) in [7, 11) is 0. The van der Waals surface area contributed by atoms with Gasteiger partial charge in [0.15, 0.2) is 5.82 Å². The molecular formula is C22H19N5O2S. The molecule has 4 heterocycles. The number of thiophene rings is 1. The molecule has 150 valence electrons. The summed E-state index contributed by atoms with van der Waals surface area (Å²) in [5, 5.41) is 13.2. The fourth-order valence-corrected chi connectivity index (χ4v) is 4.84. The molecule has 8 heteroatoms. The number of amides is 1. The molecule has 1 amide bonds. The molecule has 0 unspecified atom stereocenters. The van der Waals surface area contributed by atoms with E-state index in [2.05, 4.69) is 10.4 Å². The average Bonchev–Trinajstić information content (AvgIpc) is 3.38. The van der Waals surface area contributed by atoms with Gasteiger partial charge in [0.25, 0.3) is 0 Å². The second-order valence-electron chi connectivity index (χ2n) is 7.27. The molecule has 0 saturated carbocycles. The van der Waals surface area contributed by atoms with E-state index >= 15 is 0 Å². The van der Waals surface area contributed by atoms with Crippen molar-refractivity contribution in [1.29, 1.82) is 0 Å². The zero-order chi connectivity index (χ0) is 20.7. The van der Waals surface area contributed by atoms with Crippen molar-refractivity contribution in [2.75, 3.05) is 11.4 Å². The van der Waals surface area contributed by atoms with Crippen LogP contribution in [0.2, 0.25) is 0 Å². The number of carbonyl (C=O) groups excluding carboxylic acids is 1. The zero-order valence-electron chi connectivity index (χ0n) is 16.0. The Hall–Kier alpha value is -3.36. The van der Waals surface area contributed by atoms with E-state index in [1.165, 1.54) is 11.3 Å². The maximum atomic E-state index is 12.1. The summed E-state index contributed by atoms with van der Waals surface area (Å²) < 4.78 is 0. The summed E-state index contributed by atoms with van der Waals surface area (Å²) in [5.41, 5.74) is 8.48. The van der Waals surface area contributed by atoms with E-state index in [0.29, 0.717) is 11.6 Å². The fraction of sp³-hybridized carbons (Fsp3) is 0.182. The Balaban J connectivity index is 1.77. The Morgan fingerprint density at radius 2 is 1.93 bits per heavy atom. The number of nitrogens with two attached hydrogens (primary N) is 1. The zero-order valence-corrected chi connectivity index (χ0v) is 16.8. The van der Waals surface area contributed by atoms with Crippen molar-refractivity contribution < 1.29 is 9.90 Å². The first-order chi connectivity index (χ1) is 14.6. The number of aromatic nitrogens is 3. The molecule has 0 bridgehead atoms. The minimum atomic E-state index is -0.645. The summed E-state index contributed by atoms with van der Waals surface area (Å²) in [6, 6.07) is 13.1. The Bertz CT molecular complexity index is 1210. The van der Waals surface area contributed by atoms with Gasteiger partial charge in [0.1, 0.15) is 16.7 Å². The lowest BCUT2D eigenvalue weighted by atomic mass is 10.1. The van der Waals surface area contributed by atoms with Crippen molar-refractivity contribution >= 4 is 33.3 Å². The average molecular weight is 417 g/mol. The SMILES string of the molecule is NC(=O)[C@H]1C[C@H](O)CN1c1nc(-c2cccnc2)nc2scc(-c3ccccc3)c12. The minimum Gasteiger partial charge on any atom is -0.391 e. The van der Waals surface area contributed by atoms with Gasteiger partial charge in [0.2, 0.25) is 5.91 Å². The third-order valence-corrected chi connectivity index (χ3v) is 6.17. The molecule has 0 aliphatic carbocycles. The van der Waals surface area contributed by atoms with Gasteiger partial charge in [-0.25, -0.2) is 9.97 Å². The monoisotopic (exact) mass is 417 g/mol. The normalized spacial score (nSPS) is 18.8. The van der Waals surface area contributed by atoms with E-state index in [-0.39, 0.29) is 13.0 Å². The molecule has 7 nitrogen and oxygen atoms in total. The van der Waals surface area contributed by atoms with E-state index in [4.69, 9.17) is 15.7 Å². The van der Waals surface area contributed by atoms with Crippen LogP contribution in [-0.4, -0.2) is 44.7 Å². The molecule has 1 aliphatic heterocycles. The molecule has 0 radical (unpaired) electrons. The van der Waals surface area contributed by atoms with Crippen LogP contribution in [0.1, 0.15) is 6.42 Å². The third-order valence-electron chi connectivity index (χ3n) is 5.30. The first-order valence-electron chi connectivity index (χ1n) is 9.61. The summed E-state index contributed by atoms with van der Waals surface area (Å²) in [6.45, 7) is 0.288. The molecule has 2 atom stereocenters. The van der Waals surface area contributed by atoms with Crippen LogP contribution in [0.15, 0.2) is 60.2 Å². The van der Waals surface area contributed by atoms with E-state index in [9.17, 15) is 9.90 Å². The number of aliphatic hydroxyl groups excluding tert-OH is 1. The predicted molar refractivity (Wildman–Crippen MR) is 117 cm³/mol. The highest BCUT2D eigenvalue weighted by molar-refractivity contribution is 7.17. The maximum absolute atomic E-state index is 12.1. The lowest BCUT2D eigenvalue weighted by Gasteiger charge is -2.24. The Morgan fingerprint density at radius 1 is 1.13 bits per heavy atom. The lowest BCUT2D eigenvalue weighted by Crippen LogP contribution is -2.41. The summed E-state index contributed by atoms with van der Waals surface area (Å²) >= 11 is 1.52. The van der Waals surface area contributed by atoms with Gasteiger partial charge in [-0.3, -0.25) is 9.78 Å². The van der Waals surface area contributed by atoms with Crippen LogP contribution in [0.3, 0.4) is 0 Å². The second kappa shape index (κ2) is 7.47. The number of nitrogens with zero attached hydrogens (tertiary/aromatic N) is 4.